The molecule has 0 saturated heterocycles. The number of nitrogens with one attached hydrogen (secondary N) is 1. The van der Waals surface area contributed by atoms with Crippen LogP contribution in [0.5, 0.6) is 0 Å². The van der Waals surface area contributed by atoms with Gasteiger partial charge < -0.3 is 10.2 Å². The third kappa shape index (κ3) is 1.67. The summed E-state index contributed by atoms with van der Waals surface area (Å²) in [6.45, 7) is 4.75. The van der Waals surface area contributed by atoms with Crippen LogP contribution in [0.2, 0.25) is 0 Å². The van der Waals surface area contributed by atoms with Gasteiger partial charge in [-0.05, 0) is 19.1 Å². The Hall–Kier alpha value is -1.62. The van der Waals surface area contributed by atoms with Crippen molar-refractivity contribution in [1.82, 2.24) is 0 Å². The third-order valence-electron chi connectivity index (χ3n) is 2.39. The summed E-state index contributed by atoms with van der Waals surface area (Å²) in [7, 11) is 0. The van der Waals surface area contributed by atoms with E-state index in [0.29, 0.717) is 0 Å². The number of fused-ring (bicyclic) bond motifs is 1. The van der Waals surface area contributed by atoms with Crippen molar-refractivity contribution >= 4 is 11.4 Å². The van der Waals surface area contributed by atoms with Crippen LogP contribution < -0.4 is 10.2 Å². The second-order valence-corrected chi connectivity index (χ2v) is 3.29. The summed E-state index contributed by atoms with van der Waals surface area (Å²) >= 11 is 0. The lowest BCUT2D eigenvalue weighted by Gasteiger charge is -2.30. The van der Waals surface area contributed by atoms with E-state index in [1.807, 2.05) is 6.92 Å². The van der Waals surface area contributed by atoms with E-state index in [-0.39, 0.29) is 0 Å². The van der Waals surface area contributed by atoms with E-state index in [0.717, 1.165) is 19.6 Å². The normalized spacial score (nSPS) is 13.6. The van der Waals surface area contributed by atoms with Crippen molar-refractivity contribution in [2.24, 2.45) is 0 Å². The number of rotatable bonds is 1. The minimum Gasteiger partial charge on any atom is -0.382 e. The van der Waals surface area contributed by atoms with Gasteiger partial charge in [0.2, 0.25) is 0 Å². The van der Waals surface area contributed by atoms with Crippen LogP contribution in [-0.4, -0.2) is 19.6 Å². The number of nitrogens with zero attached hydrogens (tertiary/aromatic N) is 1. The van der Waals surface area contributed by atoms with Gasteiger partial charge in [0.25, 0.3) is 0 Å². The lowest BCUT2D eigenvalue weighted by atomic mass is 10.2. The third-order valence-corrected chi connectivity index (χ3v) is 2.39. The van der Waals surface area contributed by atoms with Crippen LogP contribution in [0.25, 0.3) is 0 Å². The van der Waals surface area contributed by atoms with Gasteiger partial charge in [-0.1, -0.05) is 18.1 Å². The van der Waals surface area contributed by atoms with Gasteiger partial charge in [-0.3, -0.25) is 0 Å². The first-order valence-corrected chi connectivity index (χ1v) is 4.89. The van der Waals surface area contributed by atoms with Gasteiger partial charge in [0, 0.05) is 13.1 Å². The van der Waals surface area contributed by atoms with Crippen molar-refractivity contribution in [3.63, 3.8) is 0 Å². The van der Waals surface area contributed by atoms with Crippen molar-refractivity contribution in [2.75, 3.05) is 29.9 Å². The highest BCUT2D eigenvalue weighted by molar-refractivity contribution is 5.72. The number of benzene rings is 1. The van der Waals surface area contributed by atoms with Gasteiger partial charge in [-0.2, -0.15) is 0 Å². The number of para-hydroxylation sites is 2. The fourth-order valence-electron chi connectivity index (χ4n) is 1.68. The predicted octanol–water partition coefficient (Wildman–Crippen LogP) is 1.94. The largest absolute Gasteiger partial charge is 0.382 e. The summed E-state index contributed by atoms with van der Waals surface area (Å²) in [5, 5.41) is 3.38. The quantitative estimate of drug-likeness (QED) is 0.674. The van der Waals surface area contributed by atoms with Crippen LogP contribution in [0.1, 0.15) is 6.92 Å². The fraction of sp³-hybridized carbons (Fsp3) is 0.333. The Morgan fingerprint density at radius 2 is 2.29 bits per heavy atom. The molecule has 0 saturated carbocycles. The summed E-state index contributed by atoms with van der Waals surface area (Å²) < 4.78 is 0. The first-order chi connectivity index (χ1) is 6.92. The molecule has 1 aliphatic heterocycles. The number of hydrogen-bond acceptors (Lipinski definition) is 2. The van der Waals surface area contributed by atoms with Crippen molar-refractivity contribution in [2.45, 2.75) is 6.92 Å². The summed E-state index contributed by atoms with van der Waals surface area (Å²) in [6, 6.07) is 8.37. The van der Waals surface area contributed by atoms with E-state index in [4.69, 9.17) is 0 Å². The second kappa shape index (κ2) is 4.06. The molecule has 0 aromatic heterocycles. The van der Waals surface area contributed by atoms with Crippen LogP contribution in [0.3, 0.4) is 0 Å². The van der Waals surface area contributed by atoms with Crippen LogP contribution in [-0.2, 0) is 0 Å². The SMILES string of the molecule is CC#CCN1CCNc2ccccc21. The number of anilines is 2. The molecule has 2 rings (SSSR count). The van der Waals surface area contributed by atoms with Gasteiger partial charge in [0.1, 0.15) is 0 Å². The van der Waals surface area contributed by atoms with E-state index in [1.54, 1.807) is 0 Å². The summed E-state index contributed by atoms with van der Waals surface area (Å²) in [5.74, 6) is 6.04. The second-order valence-electron chi connectivity index (χ2n) is 3.29. The zero-order chi connectivity index (χ0) is 9.80. The molecule has 1 N–H and O–H groups in total. The van der Waals surface area contributed by atoms with E-state index in [9.17, 15) is 0 Å². The molecule has 2 heteroatoms. The Bertz CT molecular complexity index is 373. The Morgan fingerprint density at radius 3 is 3.14 bits per heavy atom. The van der Waals surface area contributed by atoms with Crippen LogP contribution in [0.15, 0.2) is 24.3 Å². The van der Waals surface area contributed by atoms with Crippen LogP contribution in [0, 0.1) is 11.8 Å². The molecule has 14 heavy (non-hydrogen) atoms. The maximum atomic E-state index is 3.38. The molecule has 0 amide bonds. The summed E-state index contributed by atoms with van der Waals surface area (Å²) in [4.78, 5) is 2.31. The lowest BCUT2D eigenvalue weighted by Crippen LogP contribution is -2.34. The molecule has 1 aromatic rings. The van der Waals surface area contributed by atoms with Gasteiger partial charge in [-0.25, -0.2) is 0 Å². The highest BCUT2D eigenvalue weighted by Gasteiger charge is 2.13. The molecular weight excluding hydrogens is 172 g/mol. The molecular formula is C12H14N2. The highest BCUT2D eigenvalue weighted by atomic mass is 15.2. The lowest BCUT2D eigenvalue weighted by molar-refractivity contribution is 0.851. The average molecular weight is 186 g/mol. The molecule has 72 valence electrons. The first kappa shape index (κ1) is 8.96. The zero-order valence-corrected chi connectivity index (χ0v) is 8.38. The average Bonchev–Trinajstić information content (AvgIpc) is 2.26. The zero-order valence-electron chi connectivity index (χ0n) is 8.38. The van der Waals surface area contributed by atoms with Gasteiger partial charge in [0.05, 0.1) is 17.9 Å². The van der Waals surface area contributed by atoms with E-state index in [1.165, 1.54) is 11.4 Å². The van der Waals surface area contributed by atoms with Crippen LogP contribution in [0.4, 0.5) is 11.4 Å². The maximum absolute atomic E-state index is 3.38. The monoisotopic (exact) mass is 186 g/mol. The smallest absolute Gasteiger partial charge is 0.0795 e. The summed E-state index contributed by atoms with van der Waals surface area (Å²) in [5.41, 5.74) is 2.48. The number of hydrogen-bond donors (Lipinski definition) is 1. The molecule has 1 aromatic carbocycles. The van der Waals surface area contributed by atoms with Crippen molar-refractivity contribution in [3.05, 3.63) is 24.3 Å². The van der Waals surface area contributed by atoms with Gasteiger partial charge in [0.15, 0.2) is 0 Å². The Balaban J connectivity index is 2.24. The molecule has 0 unspecified atom stereocenters. The van der Waals surface area contributed by atoms with E-state index < -0.39 is 0 Å². The molecule has 0 aliphatic carbocycles. The van der Waals surface area contributed by atoms with Crippen molar-refractivity contribution in [1.29, 1.82) is 0 Å². The molecule has 1 aliphatic rings. The molecule has 0 bridgehead atoms. The fourth-order valence-corrected chi connectivity index (χ4v) is 1.68. The van der Waals surface area contributed by atoms with Gasteiger partial charge >= 0.3 is 0 Å². The highest BCUT2D eigenvalue weighted by Crippen LogP contribution is 2.27. The molecule has 0 radical (unpaired) electrons. The maximum Gasteiger partial charge on any atom is 0.0795 e. The molecule has 0 spiro atoms. The Morgan fingerprint density at radius 1 is 1.43 bits per heavy atom. The predicted molar refractivity (Wildman–Crippen MR) is 60.6 cm³/mol. The van der Waals surface area contributed by atoms with Gasteiger partial charge in [-0.15, -0.1) is 5.92 Å². The van der Waals surface area contributed by atoms with E-state index >= 15 is 0 Å². The Kier molecular flexibility index (Phi) is 2.60. The topological polar surface area (TPSA) is 15.3 Å². The first-order valence-electron chi connectivity index (χ1n) is 4.89. The van der Waals surface area contributed by atoms with Crippen LogP contribution >= 0.6 is 0 Å². The molecule has 0 atom stereocenters. The minimum absolute atomic E-state index is 0.829. The molecule has 1 heterocycles. The van der Waals surface area contributed by atoms with Crippen molar-refractivity contribution in [3.8, 4) is 11.8 Å². The van der Waals surface area contributed by atoms with E-state index in [2.05, 4.69) is 46.3 Å². The minimum atomic E-state index is 0.829. The summed E-state index contributed by atoms with van der Waals surface area (Å²) in [6.07, 6.45) is 0. The Labute approximate surface area is 84.9 Å². The van der Waals surface area contributed by atoms with Crippen molar-refractivity contribution < 1.29 is 0 Å². The standard InChI is InChI=1S/C12H14N2/c1-2-3-9-14-10-8-13-11-6-4-5-7-12(11)14/h4-7,13H,8-10H2,1H3. The molecule has 0 fully saturated rings. The molecule has 2 nitrogen and oxygen atoms in total.